The van der Waals surface area contributed by atoms with Gasteiger partial charge < -0.3 is 5.32 Å². The van der Waals surface area contributed by atoms with Crippen LogP contribution in [-0.2, 0) is 11.3 Å². The molecule has 0 unspecified atom stereocenters. The Morgan fingerprint density at radius 1 is 1.11 bits per heavy atom. The number of carbonyl (C=O) groups is 1. The number of carbonyl (C=O) groups excluding carboxylic acids is 1. The number of amides is 1. The van der Waals surface area contributed by atoms with E-state index in [0.717, 1.165) is 29.1 Å². The zero-order valence-corrected chi connectivity index (χ0v) is 22.5. The van der Waals surface area contributed by atoms with Crippen molar-refractivity contribution in [3.63, 3.8) is 0 Å². The first kappa shape index (κ1) is 24.9. The summed E-state index contributed by atoms with van der Waals surface area (Å²) in [6.07, 6.45) is 1.88. The molecule has 2 aromatic carbocycles. The summed E-state index contributed by atoms with van der Waals surface area (Å²) >= 11 is 7.48. The van der Waals surface area contributed by atoms with E-state index in [1.165, 1.54) is 11.3 Å². The van der Waals surface area contributed by atoms with E-state index in [4.69, 9.17) is 16.6 Å². The predicted molar refractivity (Wildman–Crippen MR) is 148 cm³/mol. The lowest BCUT2D eigenvalue weighted by atomic mass is 9.95. The maximum Gasteiger partial charge on any atom is 0.271 e. The fourth-order valence-corrected chi connectivity index (χ4v) is 5.81. The van der Waals surface area contributed by atoms with E-state index in [1.54, 1.807) is 23.6 Å². The van der Waals surface area contributed by atoms with Gasteiger partial charge >= 0.3 is 0 Å². The number of hydrogen-bond acceptors (Lipinski definition) is 5. The molecule has 1 amide bonds. The van der Waals surface area contributed by atoms with Crippen LogP contribution in [0.3, 0.4) is 0 Å². The van der Waals surface area contributed by atoms with Gasteiger partial charge in [0.1, 0.15) is 0 Å². The van der Waals surface area contributed by atoms with Crippen molar-refractivity contribution in [2.45, 2.75) is 40.3 Å². The number of para-hydroxylation sites is 1. The topological polar surface area (TPSA) is 81.3 Å². The maximum atomic E-state index is 13.9. The molecule has 0 saturated carbocycles. The van der Waals surface area contributed by atoms with E-state index >= 15 is 0 Å². The van der Waals surface area contributed by atoms with Crippen LogP contribution in [0.5, 0.6) is 0 Å². The molecule has 37 heavy (non-hydrogen) atoms. The molecule has 0 radical (unpaired) electrons. The summed E-state index contributed by atoms with van der Waals surface area (Å²) in [6.45, 7) is 8.53. The first-order chi connectivity index (χ1) is 17.8. The molecule has 0 aliphatic carbocycles. The largest absolute Gasteiger partial charge is 0.322 e. The first-order valence-electron chi connectivity index (χ1n) is 12.0. The van der Waals surface area contributed by atoms with Crippen LogP contribution >= 0.6 is 22.9 Å². The Bertz CT molecular complexity index is 1710. The summed E-state index contributed by atoms with van der Waals surface area (Å²) in [7, 11) is 0. The number of rotatable bonds is 5. The highest BCUT2D eigenvalue weighted by Gasteiger charge is 2.32. The van der Waals surface area contributed by atoms with Crippen molar-refractivity contribution in [3.8, 4) is 0 Å². The molecule has 5 rings (SSSR count). The van der Waals surface area contributed by atoms with Crippen molar-refractivity contribution >= 4 is 40.6 Å². The van der Waals surface area contributed by atoms with Crippen LogP contribution in [0.1, 0.15) is 42.4 Å². The van der Waals surface area contributed by atoms with Crippen LogP contribution in [0.2, 0.25) is 5.02 Å². The lowest BCUT2D eigenvalue weighted by molar-refractivity contribution is -0.113. The first-order valence-corrected chi connectivity index (χ1v) is 13.2. The monoisotopic (exact) mass is 531 g/mol. The average molecular weight is 532 g/mol. The summed E-state index contributed by atoms with van der Waals surface area (Å²) in [5, 5.41) is 8.11. The predicted octanol–water partition coefficient (Wildman–Crippen LogP) is 4.36. The van der Waals surface area contributed by atoms with Gasteiger partial charge in [-0.15, -0.1) is 0 Å². The molecular weight excluding hydrogens is 506 g/mol. The lowest BCUT2D eigenvalue weighted by Gasteiger charge is -2.25. The summed E-state index contributed by atoms with van der Waals surface area (Å²) in [4.78, 5) is 32.7. The van der Waals surface area contributed by atoms with E-state index in [-0.39, 0.29) is 11.5 Å². The highest BCUT2D eigenvalue weighted by Crippen LogP contribution is 2.31. The van der Waals surface area contributed by atoms with Gasteiger partial charge in [0, 0.05) is 28.5 Å². The minimum absolute atomic E-state index is 0.204. The molecule has 1 N–H and O–H groups in total. The Balaban J connectivity index is 1.69. The molecule has 188 valence electrons. The van der Waals surface area contributed by atoms with Gasteiger partial charge in [-0.1, -0.05) is 53.3 Å². The van der Waals surface area contributed by atoms with Crippen molar-refractivity contribution in [2.75, 3.05) is 5.32 Å². The van der Waals surface area contributed by atoms with E-state index in [2.05, 4.69) is 10.4 Å². The van der Waals surface area contributed by atoms with Crippen molar-refractivity contribution < 1.29 is 4.79 Å². The third-order valence-corrected chi connectivity index (χ3v) is 7.73. The quantitative estimate of drug-likeness (QED) is 0.415. The van der Waals surface area contributed by atoms with E-state index < -0.39 is 6.04 Å². The van der Waals surface area contributed by atoms with Crippen LogP contribution in [0.15, 0.2) is 75.7 Å². The number of benzene rings is 2. The van der Waals surface area contributed by atoms with Crippen molar-refractivity contribution in [3.05, 3.63) is 113 Å². The molecule has 0 spiro atoms. The number of thiazole rings is 1. The van der Waals surface area contributed by atoms with Crippen LogP contribution in [0, 0.1) is 13.8 Å². The highest BCUT2D eigenvalue weighted by molar-refractivity contribution is 7.07. The number of aryl methyl sites for hydroxylation is 2. The molecule has 4 aromatic rings. The molecule has 1 aliphatic rings. The molecule has 0 saturated heterocycles. The van der Waals surface area contributed by atoms with Crippen molar-refractivity contribution in [2.24, 2.45) is 4.99 Å². The zero-order valence-electron chi connectivity index (χ0n) is 20.9. The third-order valence-electron chi connectivity index (χ3n) is 6.50. The SMILES string of the molecule is CCn1nc(C)c(/C=c2\sc3n(c2=O)[C@H](c2ccc(Cl)cc2)C(C(=O)Nc2ccccc2)=C(C)N=3)c1C. The van der Waals surface area contributed by atoms with Gasteiger partial charge in [0.2, 0.25) is 0 Å². The number of hydrogen-bond donors (Lipinski definition) is 1. The van der Waals surface area contributed by atoms with Crippen LogP contribution in [0.25, 0.3) is 6.08 Å². The summed E-state index contributed by atoms with van der Waals surface area (Å²) in [5.74, 6) is -0.308. The highest BCUT2D eigenvalue weighted by atomic mass is 35.5. The molecule has 0 bridgehead atoms. The van der Waals surface area contributed by atoms with E-state index in [0.29, 0.717) is 31.3 Å². The Morgan fingerprint density at radius 2 is 1.81 bits per heavy atom. The lowest BCUT2D eigenvalue weighted by Crippen LogP contribution is -2.40. The van der Waals surface area contributed by atoms with Crippen LogP contribution < -0.4 is 20.2 Å². The number of nitrogens with one attached hydrogen (secondary N) is 1. The molecule has 0 fully saturated rings. The summed E-state index contributed by atoms with van der Waals surface area (Å²) < 4.78 is 4.07. The molecule has 2 aromatic heterocycles. The molecular formula is C28H26ClN5O2S. The maximum absolute atomic E-state index is 13.9. The van der Waals surface area contributed by atoms with Gasteiger partial charge in [-0.25, -0.2) is 4.99 Å². The standard InChI is InChI=1S/C28H26ClN5O2S/c1-5-33-18(4)22(16(2)32-33)15-23-27(36)34-25(19-11-13-20(29)14-12-19)24(17(3)30-28(34)37-23)26(35)31-21-9-7-6-8-10-21/h6-15,25H,5H2,1-4H3,(H,31,35)/b23-15-/t25-/m1/s1. The van der Waals surface area contributed by atoms with Crippen LogP contribution in [0.4, 0.5) is 5.69 Å². The van der Waals surface area contributed by atoms with Crippen molar-refractivity contribution in [1.29, 1.82) is 0 Å². The Labute approximate surface area is 223 Å². The molecule has 3 heterocycles. The van der Waals surface area contributed by atoms with E-state index in [9.17, 15) is 9.59 Å². The van der Waals surface area contributed by atoms with E-state index in [1.807, 2.05) is 74.0 Å². The second kappa shape index (κ2) is 9.95. The minimum atomic E-state index is -0.653. The minimum Gasteiger partial charge on any atom is -0.322 e. The molecule has 1 atom stereocenters. The Hall–Kier alpha value is -3.75. The number of anilines is 1. The average Bonchev–Trinajstić information content (AvgIpc) is 3.34. The zero-order chi connectivity index (χ0) is 26.3. The van der Waals surface area contributed by atoms with Gasteiger partial charge in [0.25, 0.3) is 11.5 Å². The van der Waals surface area contributed by atoms with Gasteiger partial charge in [0.05, 0.1) is 27.5 Å². The Morgan fingerprint density at radius 3 is 2.46 bits per heavy atom. The second-order valence-corrected chi connectivity index (χ2v) is 10.3. The van der Waals surface area contributed by atoms with Gasteiger partial charge in [-0.05, 0) is 63.6 Å². The third kappa shape index (κ3) is 4.58. The number of aromatic nitrogens is 3. The second-order valence-electron chi connectivity index (χ2n) is 8.85. The number of nitrogens with zero attached hydrogens (tertiary/aromatic N) is 4. The molecule has 9 heteroatoms. The smallest absolute Gasteiger partial charge is 0.271 e. The fourth-order valence-electron chi connectivity index (χ4n) is 4.65. The number of allylic oxidation sites excluding steroid dienone is 1. The number of halogens is 1. The molecule has 1 aliphatic heterocycles. The van der Waals surface area contributed by atoms with Gasteiger partial charge in [-0.2, -0.15) is 5.10 Å². The van der Waals surface area contributed by atoms with Crippen molar-refractivity contribution in [1.82, 2.24) is 14.3 Å². The summed E-state index contributed by atoms with van der Waals surface area (Å²) in [6, 6.07) is 15.8. The summed E-state index contributed by atoms with van der Waals surface area (Å²) in [5.41, 5.74) is 4.99. The fraction of sp³-hybridized carbons (Fsp3) is 0.214. The Kier molecular flexibility index (Phi) is 6.70. The number of fused-ring (bicyclic) bond motifs is 1. The molecule has 7 nitrogen and oxygen atoms in total. The van der Waals surface area contributed by atoms with Gasteiger partial charge in [0.15, 0.2) is 4.80 Å². The van der Waals surface area contributed by atoms with Crippen LogP contribution in [-0.4, -0.2) is 20.3 Å². The normalized spacial score (nSPS) is 15.5. The van der Waals surface area contributed by atoms with Gasteiger partial charge in [-0.3, -0.25) is 18.8 Å².